The highest BCUT2D eigenvalue weighted by molar-refractivity contribution is 5.88. The van der Waals surface area contributed by atoms with Gasteiger partial charge in [0.2, 0.25) is 0 Å². The number of aldehydes is 1. The zero-order valence-electron chi connectivity index (χ0n) is 13.1. The van der Waals surface area contributed by atoms with Crippen LogP contribution in [-0.2, 0) is 0 Å². The average molecular weight is 326 g/mol. The Kier molecular flexibility index (Phi) is 5.00. The first-order valence-electron chi connectivity index (χ1n) is 6.90. The summed E-state index contributed by atoms with van der Waals surface area (Å²) in [7, 11) is 1.59. The second-order valence-corrected chi connectivity index (χ2v) is 4.87. The summed E-state index contributed by atoms with van der Waals surface area (Å²) < 4.78 is 5.06. The first kappa shape index (κ1) is 16.8. The summed E-state index contributed by atoms with van der Waals surface area (Å²) in [5.74, 6) is 0.700. The van der Waals surface area contributed by atoms with Crippen LogP contribution in [0, 0.1) is 0 Å². The van der Waals surface area contributed by atoms with Crippen LogP contribution in [0.15, 0.2) is 36.7 Å². The van der Waals surface area contributed by atoms with Crippen LogP contribution < -0.4 is 27.7 Å². The molecule has 0 aliphatic heterocycles. The summed E-state index contributed by atoms with van der Waals surface area (Å²) in [6.07, 6.45) is 3.92. The minimum atomic E-state index is 0.329. The van der Waals surface area contributed by atoms with Crippen molar-refractivity contribution >= 4 is 40.1 Å². The van der Waals surface area contributed by atoms with E-state index in [2.05, 4.69) is 9.97 Å². The van der Waals surface area contributed by atoms with E-state index in [0.717, 1.165) is 5.52 Å². The predicted molar refractivity (Wildman–Crippen MR) is 95.6 cm³/mol. The molecule has 1 aromatic heterocycles. The topological polar surface area (TPSA) is 156 Å². The molecule has 0 aliphatic rings. The minimum Gasteiger partial charge on any atom is -0.497 e. The van der Waals surface area contributed by atoms with Crippen LogP contribution >= 0.6 is 0 Å². The Morgan fingerprint density at radius 3 is 2.12 bits per heavy atom. The molecule has 3 aromatic rings. The van der Waals surface area contributed by atoms with E-state index in [1.807, 2.05) is 0 Å². The number of rotatable bonds is 2. The molecule has 3 rings (SSSR count). The van der Waals surface area contributed by atoms with E-state index >= 15 is 0 Å². The number of hydrogen-bond donors (Lipinski definition) is 4. The molecule has 0 bridgehead atoms. The molecular weight excluding hydrogens is 308 g/mol. The summed E-state index contributed by atoms with van der Waals surface area (Å²) >= 11 is 0. The van der Waals surface area contributed by atoms with Crippen LogP contribution in [-0.4, -0.2) is 23.4 Å². The number of nitrogens with zero attached hydrogens (tertiary/aromatic N) is 2. The third-order valence-electron chi connectivity index (χ3n) is 3.21. The van der Waals surface area contributed by atoms with Gasteiger partial charge in [0.25, 0.3) is 0 Å². The Labute approximate surface area is 138 Å². The van der Waals surface area contributed by atoms with Gasteiger partial charge in [0.15, 0.2) is 0 Å². The number of anilines is 4. The van der Waals surface area contributed by atoms with Crippen LogP contribution in [0.3, 0.4) is 0 Å². The SMILES string of the molecule is COc1cc(N)c2nccnc2c1.Nc1cc(C=O)cc(N)c1N. The molecule has 0 aliphatic carbocycles. The fourth-order valence-corrected chi connectivity index (χ4v) is 1.98. The van der Waals surface area contributed by atoms with E-state index in [-0.39, 0.29) is 0 Å². The summed E-state index contributed by atoms with van der Waals surface area (Å²) in [4.78, 5) is 18.5. The summed E-state index contributed by atoms with van der Waals surface area (Å²) in [5.41, 5.74) is 25.6. The maximum atomic E-state index is 10.3. The summed E-state index contributed by atoms with van der Waals surface area (Å²) in [6, 6.07) is 6.51. The molecule has 8 heteroatoms. The number of nitrogen functional groups attached to an aromatic ring is 4. The first-order valence-corrected chi connectivity index (χ1v) is 6.90. The van der Waals surface area contributed by atoms with Crippen molar-refractivity contribution in [1.82, 2.24) is 9.97 Å². The lowest BCUT2D eigenvalue weighted by Gasteiger charge is -2.03. The molecule has 24 heavy (non-hydrogen) atoms. The molecule has 0 fully saturated rings. The van der Waals surface area contributed by atoms with Gasteiger partial charge in [-0.3, -0.25) is 14.8 Å². The zero-order valence-corrected chi connectivity index (χ0v) is 13.1. The molecule has 8 nitrogen and oxygen atoms in total. The predicted octanol–water partition coefficient (Wildman–Crippen LogP) is 1.47. The zero-order chi connectivity index (χ0) is 17.7. The molecule has 1 heterocycles. The lowest BCUT2D eigenvalue weighted by atomic mass is 10.1. The van der Waals surface area contributed by atoms with Gasteiger partial charge in [0, 0.05) is 30.1 Å². The number of fused-ring (bicyclic) bond motifs is 1. The largest absolute Gasteiger partial charge is 0.497 e. The van der Waals surface area contributed by atoms with Crippen molar-refractivity contribution in [2.75, 3.05) is 30.0 Å². The fourth-order valence-electron chi connectivity index (χ4n) is 1.98. The third kappa shape index (κ3) is 3.61. The van der Waals surface area contributed by atoms with Crippen molar-refractivity contribution < 1.29 is 9.53 Å². The van der Waals surface area contributed by atoms with Gasteiger partial charge < -0.3 is 27.7 Å². The summed E-state index contributed by atoms with van der Waals surface area (Å²) in [5, 5.41) is 0. The van der Waals surface area contributed by atoms with E-state index in [0.29, 0.717) is 45.9 Å². The molecule has 0 atom stereocenters. The molecule has 0 amide bonds. The average Bonchev–Trinajstić information content (AvgIpc) is 2.59. The van der Waals surface area contributed by atoms with Crippen LogP contribution in [0.25, 0.3) is 11.0 Å². The lowest BCUT2D eigenvalue weighted by molar-refractivity contribution is 0.112. The minimum absolute atomic E-state index is 0.329. The Balaban J connectivity index is 0.000000177. The number of carbonyl (C=O) groups is 1. The Morgan fingerprint density at radius 2 is 1.54 bits per heavy atom. The number of ether oxygens (including phenoxy) is 1. The van der Waals surface area contributed by atoms with Crippen molar-refractivity contribution in [3.8, 4) is 5.75 Å². The smallest absolute Gasteiger partial charge is 0.150 e. The van der Waals surface area contributed by atoms with Gasteiger partial charge in [-0.1, -0.05) is 0 Å². The molecule has 8 N–H and O–H groups in total. The molecule has 0 spiro atoms. The monoisotopic (exact) mass is 326 g/mol. The van der Waals surface area contributed by atoms with Crippen molar-refractivity contribution in [1.29, 1.82) is 0 Å². The Bertz CT molecular complexity index is 859. The number of carbonyl (C=O) groups excluding carboxylic acids is 1. The normalized spacial score (nSPS) is 9.88. The van der Waals surface area contributed by atoms with Crippen molar-refractivity contribution in [3.05, 3.63) is 42.2 Å². The molecular formula is C16H18N6O2. The Hall–Kier alpha value is -3.55. The highest BCUT2D eigenvalue weighted by Crippen LogP contribution is 2.24. The van der Waals surface area contributed by atoms with Gasteiger partial charge in [-0.25, -0.2) is 0 Å². The van der Waals surface area contributed by atoms with Gasteiger partial charge in [0.05, 0.1) is 35.4 Å². The second kappa shape index (κ2) is 7.14. The van der Waals surface area contributed by atoms with Crippen LogP contribution in [0.4, 0.5) is 22.7 Å². The van der Waals surface area contributed by atoms with Crippen molar-refractivity contribution in [2.45, 2.75) is 0 Å². The third-order valence-corrected chi connectivity index (χ3v) is 3.21. The van der Waals surface area contributed by atoms with Gasteiger partial charge in [-0.15, -0.1) is 0 Å². The fraction of sp³-hybridized carbons (Fsp3) is 0.0625. The number of aromatic nitrogens is 2. The number of hydrogen-bond acceptors (Lipinski definition) is 8. The van der Waals surface area contributed by atoms with Gasteiger partial charge in [0.1, 0.15) is 17.6 Å². The number of nitrogens with two attached hydrogens (primary N) is 4. The second-order valence-electron chi connectivity index (χ2n) is 4.87. The van der Waals surface area contributed by atoms with E-state index in [1.54, 1.807) is 31.6 Å². The first-order chi connectivity index (χ1) is 11.5. The number of benzene rings is 2. The van der Waals surface area contributed by atoms with E-state index in [4.69, 9.17) is 27.7 Å². The number of methoxy groups -OCH3 is 1. The van der Waals surface area contributed by atoms with Crippen LogP contribution in [0.5, 0.6) is 5.75 Å². The highest BCUT2D eigenvalue weighted by Gasteiger charge is 2.02. The van der Waals surface area contributed by atoms with E-state index < -0.39 is 0 Å². The van der Waals surface area contributed by atoms with Crippen molar-refractivity contribution in [2.24, 2.45) is 0 Å². The van der Waals surface area contributed by atoms with E-state index in [9.17, 15) is 4.79 Å². The molecule has 2 aromatic carbocycles. The van der Waals surface area contributed by atoms with Gasteiger partial charge >= 0.3 is 0 Å². The molecule has 0 saturated carbocycles. The van der Waals surface area contributed by atoms with E-state index in [1.165, 1.54) is 12.1 Å². The quantitative estimate of drug-likeness (QED) is 0.407. The highest BCUT2D eigenvalue weighted by atomic mass is 16.5. The summed E-state index contributed by atoms with van der Waals surface area (Å²) in [6.45, 7) is 0. The molecule has 124 valence electrons. The van der Waals surface area contributed by atoms with Crippen LogP contribution in [0.2, 0.25) is 0 Å². The molecule has 0 unspecified atom stereocenters. The standard InChI is InChI=1S/C9H9N3O.C7H9N3O/c1-13-6-4-7(10)9-8(5-6)11-2-3-12-9;8-5-1-4(3-11)2-6(9)7(5)10/h2-5H,10H2,1H3;1-3H,8-10H2. The molecule has 0 radical (unpaired) electrons. The Morgan fingerprint density at radius 1 is 0.917 bits per heavy atom. The van der Waals surface area contributed by atoms with Crippen LogP contribution in [0.1, 0.15) is 10.4 Å². The van der Waals surface area contributed by atoms with Gasteiger partial charge in [-0.05, 0) is 12.1 Å². The molecule has 0 saturated heterocycles. The lowest BCUT2D eigenvalue weighted by Crippen LogP contribution is -2.01. The maximum absolute atomic E-state index is 10.3. The van der Waals surface area contributed by atoms with Gasteiger partial charge in [-0.2, -0.15) is 0 Å². The maximum Gasteiger partial charge on any atom is 0.150 e. The van der Waals surface area contributed by atoms with Crippen molar-refractivity contribution in [3.63, 3.8) is 0 Å².